The molecule has 0 saturated carbocycles. The molecule has 0 bridgehead atoms. The van der Waals surface area contributed by atoms with Crippen LogP contribution in [0.15, 0.2) is 72.8 Å². The van der Waals surface area contributed by atoms with Crippen molar-refractivity contribution in [3.05, 3.63) is 89.5 Å². The Bertz CT molecular complexity index is 1250. The van der Waals surface area contributed by atoms with Gasteiger partial charge in [-0.25, -0.2) is 9.59 Å². The van der Waals surface area contributed by atoms with Crippen molar-refractivity contribution in [1.82, 2.24) is 5.32 Å². The first-order valence-electron chi connectivity index (χ1n) is 11.1. The summed E-state index contributed by atoms with van der Waals surface area (Å²) in [6, 6.07) is 23.0. The van der Waals surface area contributed by atoms with Gasteiger partial charge in [-0.15, -0.1) is 0 Å². The van der Waals surface area contributed by atoms with Gasteiger partial charge in [0.15, 0.2) is 0 Å². The average Bonchev–Trinajstić information content (AvgIpc) is 3.17. The van der Waals surface area contributed by atoms with Crippen molar-refractivity contribution < 1.29 is 24.2 Å². The highest BCUT2D eigenvalue weighted by molar-refractivity contribution is 5.92. The predicted molar refractivity (Wildman–Crippen MR) is 129 cm³/mol. The molecule has 0 saturated heterocycles. The third-order valence-corrected chi connectivity index (χ3v) is 5.85. The molecule has 3 aromatic rings. The Morgan fingerprint density at radius 2 is 1.54 bits per heavy atom. The van der Waals surface area contributed by atoms with Gasteiger partial charge in [0, 0.05) is 18.0 Å². The number of carbonyl (C=O) groups is 3. The number of nitrogens with zero attached hydrogens (tertiary/aromatic N) is 1. The molecule has 1 aliphatic carbocycles. The fraction of sp³-hybridized carbons (Fsp3) is 0.185. The Kier molecular flexibility index (Phi) is 7.07. The number of aliphatic carboxylic acids is 1. The fourth-order valence-electron chi connectivity index (χ4n) is 4.22. The highest BCUT2D eigenvalue weighted by Crippen LogP contribution is 2.44. The maximum absolute atomic E-state index is 12.5. The monoisotopic (exact) mass is 469 g/mol. The Hall–Kier alpha value is -4.64. The van der Waals surface area contributed by atoms with Crippen LogP contribution < -0.4 is 10.6 Å². The number of hydrogen-bond acceptors (Lipinski definition) is 5. The van der Waals surface area contributed by atoms with Crippen molar-refractivity contribution in [1.29, 1.82) is 5.26 Å². The highest BCUT2D eigenvalue weighted by atomic mass is 16.5. The van der Waals surface area contributed by atoms with Gasteiger partial charge in [0.2, 0.25) is 5.91 Å². The number of fused-ring (bicyclic) bond motifs is 3. The highest BCUT2D eigenvalue weighted by Gasteiger charge is 2.29. The number of hydrogen-bond donors (Lipinski definition) is 3. The van der Waals surface area contributed by atoms with Gasteiger partial charge in [0.25, 0.3) is 0 Å². The van der Waals surface area contributed by atoms with Gasteiger partial charge in [-0.1, -0.05) is 60.7 Å². The summed E-state index contributed by atoms with van der Waals surface area (Å²) in [6.45, 7) is 0.0866. The second kappa shape index (κ2) is 10.5. The number of carboxylic acid groups (broad SMARTS) is 1. The SMILES string of the molecule is N#CCC(=O)Nc1ccc(CC(NC(=O)OCC2c3ccccc3-c3ccccc32)C(=O)O)cc1. The molecule has 4 rings (SSSR count). The molecule has 1 atom stereocenters. The molecular formula is C27H23N3O5. The molecule has 0 spiro atoms. The Morgan fingerprint density at radius 3 is 2.11 bits per heavy atom. The van der Waals surface area contributed by atoms with Crippen LogP contribution in [0.5, 0.6) is 0 Å². The molecule has 0 fully saturated rings. The van der Waals surface area contributed by atoms with E-state index in [9.17, 15) is 19.5 Å². The first-order chi connectivity index (χ1) is 17.0. The van der Waals surface area contributed by atoms with E-state index in [1.165, 1.54) is 0 Å². The van der Waals surface area contributed by atoms with Crippen molar-refractivity contribution >= 4 is 23.7 Å². The molecule has 8 heteroatoms. The second-order valence-corrected chi connectivity index (χ2v) is 8.14. The molecule has 0 aromatic heterocycles. The van der Waals surface area contributed by atoms with Crippen molar-refractivity contribution in [2.45, 2.75) is 24.8 Å². The van der Waals surface area contributed by atoms with Crippen LogP contribution in [0, 0.1) is 11.3 Å². The van der Waals surface area contributed by atoms with E-state index in [1.807, 2.05) is 48.5 Å². The van der Waals surface area contributed by atoms with Gasteiger partial charge in [0.05, 0.1) is 6.07 Å². The van der Waals surface area contributed by atoms with Crippen LogP contribution >= 0.6 is 0 Å². The zero-order valence-electron chi connectivity index (χ0n) is 18.7. The third-order valence-electron chi connectivity index (χ3n) is 5.85. The normalized spacial score (nSPS) is 12.5. The van der Waals surface area contributed by atoms with Crippen molar-refractivity contribution in [3.63, 3.8) is 0 Å². The number of carbonyl (C=O) groups excluding carboxylic acids is 2. The molecule has 0 radical (unpaired) electrons. The van der Waals surface area contributed by atoms with E-state index in [0.29, 0.717) is 11.3 Å². The largest absolute Gasteiger partial charge is 0.480 e. The maximum atomic E-state index is 12.5. The number of ether oxygens (including phenoxy) is 1. The third kappa shape index (κ3) is 5.47. The van der Waals surface area contributed by atoms with Gasteiger partial charge in [-0.3, -0.25) is 4.79 Å². The average molecular weight is 469 g/mol. The number of nitrogens with one attached hydrogen (secondary N) is 2. The van der Waals surface area contributed by atoms with Crippen LogP contribution in [0.4, 0.5) is 10.5 Å². The molecule has 3 aromatic carbocycles. The molecule has 1 aliphatic rings. The minimum Gasteiger partial charge on any atom is -0.480 e. The van der Waals surface area contributed by atoms with Gasteiger partial charge in [-0.05, 0) is 39.9 Å². The van der Waals surface area contributed by atoms with Crippen molar-refractivity contribution in [3.8, 4) is 17.2 Å². The van der Waals surface area contributed by atoms with Crippen LogP contribution in [-0.4, -0.2) is 35.7 Å². The fourth-order valence-corrected chi connectivity index (χ4v) is 4.22. The standard InChI is InChI=1S/C27H23N3O5/c28-14-13-25(31)29-18-11-9-17(10-12-18)15-24(26(32)33)30-27(34)35-16-23-21-7-3-1-5-19(21)20-6-2-4-8-22(20)23/h1-12,23-24H,13,15-16H2,(H,29,31)(H,30,34)(H,32,33). The van der Waals surface area contributed by atoms with E-state index < -0.39 is 24.0 Å². The zero-order valence-corrected chi connectivity index (χ0v) is 18.7. The van der Waals surface area contributed by atoms with Crippen molar-refractivity contribution in [2.24, 2.45) is 0 Å². The quantitative estimate of drug-likeness (QED) is 0.456. The summed E-state index contributed by atoms with van der Waals surface area (Å²) in [5.74, 6) is -1.74. The topological polar surface area (TPSA) is 129 Å². The Balaban J connectivity index is 1.36. The van der Waals surface area contributed by atoms with E-state index in [1.54, 1.807) is 30.3 Å². The van der Waals surface area contributed by atoms with E-state index in [-0.39, 0.29) is 25.4 Å². The van der Waals surface area contributed by atoms with Crippen LogP contribution in [0.1, 0.15) is 29.0 Å². The predicted octanol–water partition coefficient (Wildman–Crippen LogP) is 4.07. The molecule has 3 N–H and O–H groups in total. The number of amides is 2. The van der Waals surface area contributed by atoms with Gasteiger partial charge in [0.1, 0.15) is 19.1 Å². The maximum Gasteiger partial charge on any atom is 0.407 e. The number of alkyl carbamates (subject to hydrolysis) is 1. The molecule has 1 unspecified atom stereocenters. The molecule has 8 nitrogen and oxygen atoms in total. The van der Waals surface area contributed by atoms with Crippen molar-refractivity contribution in [2.75, 3.05) is 11.9 Å². The summed E-state index contributed by atoms with van der Waals surface area (Å²) < 4.78 is 5.46. The number of nitriles is 1. The Morgan fingerprint density at radius 1 is 0.943 bits per heavy atom. The Labute approximate surface area is 202 Å². The van der Waals surface area contributed by atoms with Crippen LogP contribution in [0.25, 0.3) is 11.1 Å². The lowest BCUT2D eigenvalue weighted by molar-refractivity contribution is -0.139. The molecule has 0 heterocycles. The molecule has 0 aliphatic heterocycles. The first-order valence-corrected chi connectivity index (χ1v) is 11.1. The van der Waals surface area contributed by atoms with E-state index in [4.69, 9.17) is 10.00 Å². The van der Waals surface area contributed by atoms with E-state index in [0.717, 1.165) is 22.3 Å². The number of rotatable bonds is 8. The van der Waals surface area contributed by atoms with Gasteiger partial charge < -0.3 is 20.5 Å². The smallest absolute Gasteiger partial charge is 0.407 e. The lowest BCUT2D eigenvalue weighted by Gasteiger charge is -2.17. The second-order valence-electron chi connectivity index (χ2n) is 8.14. The van der Waals surface area contributed by atoms with Gasteiger partial charge >= 0.3 is 12.1 Å². The summed E-state index contributed by atoms with van der Waals surface area (Å²) >= 11 is 0. The summed E-state index contributed by atoms with van der Waals surface area (Å²) in [6.07, 6.45) is -1.03. The summed E-state index contributed by atoms with van der Waals surface area (Å²) in [4.78, 5) is 35.8. The lowest BCUT2D eigenvalue weighted by Crippen LogP contribution is -2.42. The van der Waals surface area contributed by atoms with Crippen LogP contribution in [-0.2, 0) is 20.7 Å². The minimum atomic E-state index is -1.19. The lowest BCUT2D eigenvalue weighted by atomic mass is 9.98. The zero-order chi connectivity index (χ0) is 24.8. The summed E-state index contributed by atoms with van der Waals surface area (Å²) in [5.41, 5.74) is 5.48. The number of anilines is 1. The molecule has 2 amide bonds. The molecular weight excluding hydrogens is 446 g/mol. The minimum absolute atomic E-state index is 0.0337. The van der Waals surface area contributed by atoms with Crippen LogP contribution in [0.2, 0.25) is 0 Å². The number of benzene rings is 3. The molecule has 176 valence electrons. The first kappa shape index (κ1) is 23.5. The van der Waals surface area contributed by atoms with E-state index in [2.05, 4.69) is 10.6 Å². The van der Waals surface area contributed by atoms with Gasteiger partial charge in [-0.2, -0.15) is 5.26 Å². The van der Waals surface area contributed by atoms with Crippen LogP contribution in [0.3, 0.4) is 0 Å². The summed E-state index contributed by atoms with van der Waals surface area (Å²) in [7, 11) is 0. The molecule has 35 heavy (non-hydrogen) atoms. The van der Waals surface area contributed by atoms with E-state index >= 15 is 0 Å². The summed E-state index contributed by atoms with van der Waals surface area (Å²) in [5, 5.41) is 23.2. The number of carboxylic acids is 1.